The zero-order chi connectivity index (χ0) is 15.9. The molecular formula is C17H26FN3O. The first-order valence-corrected chi connectivity index (χ1v) is 8.05. The second kappa shape index (κ2) is 5.70. The Balaban J connectivity index is 1.76. The van der Waals surface area contributed by atoms with Crippen molar-refractivity contribution in [3.8, 4) is 5.75 Å². The smallest absolute Gasteiger partial charge is 0.132 e. The highest BCUT2D eigenvalue weighted by Gasteiger charge is 2.27. The van der Waals surface area contributed by atoms with Gasteiger partial charge in [0.05, 0.1) is 0 Å². The number of piperazine rings is 1. The Labute approximate surface area is 132 Å². The zero-order valence-electron chi connectivity index (χ0n) is 13.7. The van der Waals surface area contributed by atoms with Gasteiger partial charge in [0.2, 0.25) is 0 Å². The molecule has 0 aromatic heterocycles. The highest BCUT2D eigenvalue weighted by atomic mass is 19.1. The highest BCUT2D eigenvalue weighted by molar-refractivity contribution is 5.55. The van der Waals surface area contributed by atoms with Gasteiger partial charge >= 0.3 is 0 Å². The third-order valence-electron chi connectivity index (χ3n) is 4.65. The molecule has 5 heteroatoms. The second-order valence-electron chi connectivity index (χ2n) is 7.32. The fraction of sp³-hybridized carbons (Fsp3) is 0.647. The van der Waals surface area contributed by atoms with E-state index in [4.69, 9.17) is 10.5 Å². The van der Waals surface area contributed by atoms with Crippen molar-refractivity contribution in [3.05, 3.63) is 23.5 Å². The average Bonchev–Trinajstić information content (AvgIpc) is 2.47. The summed E-state index contributed by atoms with van der Waals surface area (Å²) >= 11 is 0. The molecule has 0 amide bonds. The molecule has 2 aliphatic heterocycles. The molecule has 2 heterocycles. The largest absolute Gasteiger partial charge is 0.491 e. The van der Waals surface area contributed by atoms with Gasteiger partial charge in [0.25, 0.3) is 0 Å². The fourth-order valence-electron chi connectivity index (χ4n) is 3.26. The predicted octanol–water partition coefficient (Wildman–Crippen LogP) is 2.01. The number of nitrogens with zero attached hydrogens (tertiary/aromatic N) is 2. The number of rotatable bonds is 1. The first-order valence-electron chi connectivity index (χ1n) is 8.05. The van der Waals surface area contributed by atoms with Crippen LogP contribution in [0.25, 0.3) is 0 Å². The van der Waals surface area contributed by atoms with Crippen LogP contribution in [0.15, 0.2) is 12.1 Å². The summed E-state index contributed by atoms with van der Waals surface area (Å²) in [5.41, 5.74) is 7.57. The van der Waals surface area contributed by atoms with E-state index in [2.05, 4.69) is 30.6 Å². The molecule has 3 rings (SSSR count). The minimum absolute atomic E-state index is 0.108. The fourth-order valence-corrected chi connectivity index (χ4v) is 3.26. The second-order valence-corrected chi connectivity index (χ2v) is 7.32. The lowest BCUT2D eigenvalue weighted by Crippen LogP contribution is -2.53. The minimum atomic E-state index is -0.194. The van der Waals surface area contributed by atoms with Crippen LogP contribution in [0.1, 0.15) is 26.3 Å². The van der Waals surface area contributed by atoms with E-state index in [1.165, 1.54) is 0 Å². The zero-order valence-corrected chi connectivity index (χ0v) is 13.7. The quantitative estimate of drug-likeness (QED) is 0.862. The van der Waals surface area contributed by atoms with Crippen molar-refractivity contribution in [1.29, 1.82) is 0 Å². The van der Waals surface area contributed by atoms with Gasteiger partial charge in [-0.2, -0.15) is 0 Å². The Hall–Kier alpha value is -1.33. The van der Waals surface area contributed by atoms with Crippen LogP contribution in [0.3, 0.4) is 0 Å². The maximum Gasteiger partial charge on any atom is 0.132 e. The summed E-state index contributed by atoms with van der Waals surface area (Å²) in [7, 11) is 0. The van der Waals surface area contributed by atoms with Crippen LogP contribution < -0.4 is 15.4 Å². The van der Waals surface area contributed by atoms with Crippen molar-refractivity contribution in [2.75, 3.05) is 37.7 Å². The van der Waals surface area contributed by atoms with Crippen LogP contribution in [0.5, 0.6) is 5.75 Å². The molecule has 0 spiro atoms. The van der Waals surface area contributed by atoms with Crippen molar-refractivity contribution in [1.82, 2.24) is 4.90 Å². The van der Waals surface area contributed by atoms with Crippen LogP contribution in [0.2, 0.25) is 0 Å². The van der Waals surface area contributed by atoms with E-state index in [1.54, 1.807) is 6.07 Å². The summed E-state index contributed by atoms with van der Waals surface area (Å²) in [4.78, 5) is 4.71. The molecule has 0 aliphatic carbocycles. The van der Waals surface area contributed by atoms with Crippen LogP contribution in [0.4, 0.5) is 10.1 Å². The van der Waals surface area contributed by atoms with Gasteiger partial charge in [-0.1, -0.05) is 0 Å². The number of halogens is 1. The standard InChI is InChI=1S/C17H26FN3O/c1-17(2,3)21-6-4-20(5-7-21)13-9-15(18)14-8-12(19)11-22-16(14)10-13/h9-10,12H,4-8,11,19H2,1-3H3. The van der Waals surface area contributed by atoms with Crippen molar-refractivity contribution in [2.24, 2.45) is 5.73 Å². The Morgan fingerprint density at radius 1 is 1.18 bits per heavy atom. The van der Waals surface area contributed by atoms with Crippen molar-refractivity contribution < 1.29 is 9.13 Å². The molecule has 4 nitrogen and oxygen atoms in total. The van der Waals surface area contributed by atoms with Crippen LogP contribution in [-0.4, -0.2) is 49.3 Å². The van der Waals surface area contributed by atoms with Gasteiger partial charge in [0.15, 0.2) is 0 Å². The summed E-state index contributed by atoms with van der Waals surface area (Å²) in [5, 5.41) is 0. The number of benzene rings is 1. The van der Waals surface area contributed by atoms with Gasteiger partial charge in [0.1, 0.15) is 18.2 Å². The summed E-state index contributed by atoms with van der Waals surface area (Å²) < 4.78 is 20.0. The average molecular weight is 307 g/mol. The van der Waals surface area contributed by atoms with E-state index in [1.807, 2.05) is 6.07 Å². The van der Waals surface area contributed by atoms with Crippen LogP contribution >= 0.6 is 0 Å². The first-order chi connectivity index (χ1) is 10.3. The topological polar surface area (TPSA) is 41.7 Å². The molecule has 1 aromatic carbocycles. The third-order valence-corrected chi connectivity index (χ3v) is 4.65. The Morgan fingerprint density at radius 3 is 2.50 bits per heavy atom. The van der Waals surface area contributed by atoms with Gasteiger partial charge in [0, 0.05) is 55.1 Å². The Morgan fingerprint density at radius 2 is 1.86 bits per heavy atom. The number of ether oxygens (including phenoxy) is 1. The molecule has 22 heavy (non-hydrogen) atoms. The molecule has 1 saturated heterocycles. The van der Waals surface area contributed by atoms with Gasteiger partial charge in [-0.05, 0) is 33.3 Å². The summed E-state index contributed by atoms with van der Waals surface area (Å²) in [6.07, 6.45) is 0.555. The molecule has 122 valence electrons. The molecule has 2 aliphatic rings. The molecule has 2 N–H and O–H groups in total. The van der Waals surface area contributed by atoms with Crippen molar-refractivity contribution in [2.45, 2.75) is 38.8 Å². The number of anilines is 1. The van der Waals surface area contributed by atoms with Crippen LogP contribution in [0, 0.1) is 5.82 Å². The van der Waals surface area contributed by atoms with Gasteiger partial charge in [-0.25, -0.2) is 4.39 Å². The van der Waals surface area contributed by atoms with Crippen molar-refractivity contribution in [3.63, 3.8) is 0 Å². The molecule has 1 aromatic rings. The molecule has 0 saturated carbocycles. The van der Waals surface area contributed by atoms with E-state index in [9.17, 15) is 4.39 Å². The summed E-state index contributed by atoms with van der Waals surface area (Å²) in [6, 6.07) is 3.49. The predicted molar refractivity (Wildman–Crippen MR) is 87.1 cm³/mol. The maximum atomic E-state index is 14.4. The van der Waals surface area contributed by atoms with Gasteiger partial charge in [-0.3, -0.25) is 4.90 Å². The lowest BCUT2D eigenvalue weighted by molar-refractivity contribution is 0.128. The van der Waals surface area contributed by atoms with E-state index in [-0.39, 0.29) is 17.4 Å². The molecular weight excluding hydrogens is 281 g/mol. The third kappa shape index (κ3) is 3.06. The molecule has 0 radical (unpaired) electrons. The molecule has 1 unspecified atom stereocenters. The molecule has 1 fully saturated rings. The number of hydrogen-bond acceptors (Lipinski definition) is 4. The van der Waals surface area contributed by atoms with E-state index >= 15 is 0 Å². The van der Waals surface area contributed by atoms with E-state index < -0.39 is 0 Å². The lowest BCUT2D eigenvalue weighted by atomic mass is 10.0. The van der Waals surface area contributed by atoms with E-state index in [0.717, 1.165) is 31.9 Å². The van der Waals surface area contributed by atoms with Crippen LogP contribution in [-0.2, 0) is 6.42 Å². The Kier molecular flexibility index (Phi) is 4.03. The SMILES string of the molecule is CC(C)(C)N1CCN(c2cc(F)c3c(c2)OCC(N)C3)CC1. The number of nitrogens with two attached hydrogens (primary N) is 1. The number of hydrogen-bond donors (Lipinski definition) is 1. The minimum Gasteiger partial charge on any atom is -0.491 e. The summed E-state index contributed by atoms with van der Waals surface area (Å²) in [6.45, 7) is 11.0. The summed E-state index contributed by atoms with van der Waals surface area (Å²) in [5.74, 6) is 0.468. The van der Waals surface area contributed by atoms with E-state index in [0.29, 0.717) is 24.3 Å². The molecule has 1 atom stereocenters. The Bertz CT molecular complexity index is 548. The number of fused-ring (bicyclic) bond motifs is 1. The van der Waals surface area contributed by atoms with Gasteiger partial charge in [-0.15, -0.1) is 0 Å². The maximum absolute atomic E-state index is 14.4. The van der Waals surface area contributed by atoms with Crippen molar-refractivity contribution >= 4 is 5.69 Å². The normalized spacial score (nSPS) is 23.1. The monoisotopic (exact) mass is 307 g/mol. The highest BCUT2D eigenvalue weighted by Crippen LogP contribution is 2.33. The first kappa shape index (κ1) is 15.6. The lowest BCUT2D eigenvalue weighted by Gasteiger charge is -2.43. The van der Waals surface area contributed by atoms with Gasteiger partial charge < -0.3 is 15.4 Å². The molecule has 0 bridgehead atoms.